The van der Waals surface area contributed by atoms with E-state index in [-0.39, 0.29) is 101 Å². The predicted octanol–water partition coefficient (Wildman–Crippen LogP) is -3.08. The van der Waals surface area contributed by atoms with E-state index in [1.54, 1.807) is 58.0 Å². The van der Waals surface area contributed by atoms with Crippen LogP contribution in [0.2, 0.25) is 0 Å². The SMILES string of the molecule is CC[C@H](C)[C@H](NC(=O)[C@H](CCCN=C(N)N)NC(=O)CNC(=O)CNC(=O)[C@H](C)N)C(=O)N[C@@H](Cc1cnc[nH]1)C(=O)N[C@@H](CCCN=C(N)N)C(=O)N[C@H](C(=O)N[C@@H](Cc1ccccc1)C(=O)N(C1CCCCC1)[C@](C=O)(CCCN=C(N)N)C(=O)CCS)[C@@H](C)CC. The first-order chi connectivity index (χ1) is 44.7. The number of aldehydes is 1. The van der Waals surface area contributed by atoms with E-state index in [2.05, 4.69) is 80.1 Å². The van der Waals surface area contributed by atoms with Crippen molar-refractivity contribution in [1.29, 1.82) is 0 Å². The molecule has 9 amide bonds. The highest BCUT2D eigenvalue weighted by Gasteiger charge is 2.50. The van der Waals surface area contributed by atoms with Crippen LogP contribution in [0.5, 0.6) is 0 Å². The number of carbonyl (C=O) groups excluding carboxylic acids is 11. The maximum atomic E-state index is 15.7. The number of thiol groups is 1. The Kier molecular flexibility index (Phi) is 35.2. The van der Waals surface area contributed by atoms with E-state index in [4.69, 9.17) is 40.1 Å². The molecule has 23 N–H and O–H groups in total. The molecule has 1 aliphatic rings. The Balaban J connectivity index is 2.07. The molecule has 32 nitrogen and oxygen atoms in total. The molecular weight excluding hydrogens is 1230 g/mol. The lowest BCUT2D eigenvalue weighted by atomic mass is 9.81. The third-order valence-electron chi connectivity index (χ3n) is 16.2. The number of nitrogens with zero attached hydrogens (tertiary/aromatic N) is 5. The molecule has 1 fully saturated rings. The molecule has 2 aromatic rings. The van der Waals surface area contributed by atoms with Gasteiger partial charge in [0.15, 0.2) is 35.5 Å². The minimum absolute atomic E-state index is 0.00827. The Labute approximate surface area is 554 Å². The number of guanidine groups is 3. The van der Waals surface area contributed by atoms with Gasteiger partial charge in [-0.15, -0.1) is 0 Å². The van der Waals surface area contributed by atoms with Gasteiger partial charge in [-0.2, -0.15) is 12.6 Å². The summed E-state index contributed by atoms with van der Waals surface area (Å²) in [5.74, 6) is -9.31. The van der Waals surface area contributed by atoms with Crippen molar-refractivity contribution in [2.45, 2.75) is 191 Å². The van der Waals surface area contributed by atoms with Crippen LogP contribution in [0.15, 0.2) is 57.8 Å². The van der Waals surface area contributed by atoms with Crippen molar-refractivity contribution in [3.05, 3.63) is 54.1 Å². The van der Waals surface area contributed by atoms with Crippen molar-refractivity contribution in [3.8, 4) is 0 Å². The van der Waals surface area contributed by atoms with Crippen LogP contribution in [0.3, 0.4) is 0 Å². The third-order valence-corrected chi connectivity index (χ3v) is 16.4. The van der Waals surface area contributed by atoms with Gasteiger partial charge < -0.3 is 97.3 Å². The van der Waals surface area contributed by atoms with Crippen LogP contribution in [-0.2, 0) is 65.6 Å². The first kappa shape index (κ1) is 79.4. The molecule has 0 radical (unpaired) electrons. The van der Waals surface area contributed by atoms with Crippen molar-refractivity contribution in [3.63, 3.8) is 0 Å². The third kappa shape index (κ3) is 27.0. The Morgan fingerprint density at radius 2 is 1.14 bits per heavy atom. The smallest absolute Gasteiger partial charge is 0.246 e. The summed E-state index contributed by atoms with van der Waals surface area (Å²) >= 11 is 4.33. The van der Waals surface area contributed by atoms with Crippen LogP contribution in [0.1, 0.15) is 136 Å². The van der Waals surface area contributed by atoms with Gasteiger partial charge in [-0.3, -0.25) is 62.9 Å². The van der Waals surface area contributed by atoms with Gasteiger partial charge in [0.1, 0.15) is 36.3 Å². The highest BCUT2D eigenvalue weighted by molar-refractivity contribution is 7.80. The number of benzene rings is 1. The van der Waals surface area contributed by atoms with Gasteiger partial charge >= 0.3 is 0 Å². The van der Waals surface area contributed by atoms with Gasteiger partial charge in [0.2, 0.25) is 53.2 Å². The van der Waals surface area contributed by atoms with Crippen molar-refractivity contribution in [2.75, 3.05) is 38.5 Å². The quantitative estimate of drug-likeness (QED) is 0.00782. The molecule has 1 heterocycles. The molecule has 3 rings (SSSR count). The number of imidazole rings is 1. The fourth-order valence-electron chi connectivity index (χ4n) is 10.6. The number of nitrogens with one attached hydrogen (secondary N) is 9. The second kappa shape index (κ2) is 41.7. The molecule has 1 aromatic heterocycles. The number of hydrogen-bond acceptors (Lipinski definition) is 17. The number of H-pyrrole nitrogens is 1. The zero-order valence-corrected chi connectivity index (χ0v) is 55.6. The number of carbonyl (C=O) groups is 11. The molecule has 1 saturated carbocycles. The summed E-state index contributed by atoms with van der Waals surface area (Å²) in [6.07, 6.45) is 6.78. The summed E-state index contributed by atoms with van der Waals surface area (Å²) in [4.78, 5) is 176. The topological polar surface area (TPSA) is 535 Å². The zero-order chi connectivity index (χ0) is 69.9. The number of aromatic amines is 1. The van der Waals surface area contributed by atoms with E-state index in [0.717, 1.165) is 6.42 Å². The molecular formula is C61H101N21O11S. The fraction of sp³-hybridized carbons (Fsp3) is 0.623. The second-order valence-electron chi connectivity index (χ2n) is 23.5. The van der Waals surface area contributed by atoms with E-state index < -0.39 is 138 Å². The minimum atomic E-state index is -2.00. The molecule has 10 atom stereocenters. The lowest BCUT2D eigenvalue weighted by molar-refractivity contribution is -0.157. The van der Waals surface area contributed by atoms with Crippen molar-refractivity contribution >= 4 is 95.7 Å². The second-order valence-corrected chi connectivity index (χ2v) is 24.0. The molecule has 1 aliphatic carbocycles. The molecule has 0 aliphatic heterocycles. The van der Waals surface area contributed by atoms with Gasteiger partial charge in [0, 0.05) is 56.8 Å². The highest BCUT2D eigenvalue weighted by Crippen LogP contribution is 2.34. The molecule has 94 heavy (non-hydrogen) atoms. The molecule has 33 heteroatoms. The number of hydrogen-bond donors (Lipinski definition) is 17. The van der Waals surface area contributed by atoms with Crippen molar-refractivity contribution in [1.82, 2.24) is 57.4 Å². The number of amides is 9. The average molecular weight is 1340 g/mol. The summed E-state index contributed by atoms with van der Waals surface area (Å²) < 4.78 is 0. The first-order valence-electron chi connectivity index (χ1n) is 31.9. The average Bonchev–Trinajstić information content (AvgIpc) is 0.821. The first-order valence-corrected chi connectivity index (χ1v) is 32.6. The summed E-state index contributed by atoms with van der Waals surface area (Å²) in [7, 11) is 0. The Morgan fingerprint density at radius 1 is 0.638 bits per heavy atom. The standard InChI is InChI=1S/C61H101N21O11S/c1-6-36(3)49(80-52(88)42(21-14-25-70-58(63)64)76-48(86)33-73-47(85)32-74-51(87)38(5)62)55(91)78-44(30-40-31-69-35-75-40)54(90)77-43(22-15-26-71-59(65)66)53(89)81-50(37(4)7-2)56(92)79-45(29-39-17-10-8-11-18-39)57(93)82(41-19-12-9-13-20-41)61(34-83,46(84)23-28-94)24-16-27-72-60(67)68/h8,10-11,17-18,31,34-38,41-45,49-50,94H,6-7,9,12-16,19-30,32-33,62H2,1-5H3,(H,69,75)(H,73,85)(H,74,87)(H,76,86)(H,77,90)(H,78,91)(H,79,92)(H,80,88)(H,81,89)(H4,63,64,70)(H4,65,66,71)(H4,67,68,72)/t36-,37-,38-,42-,43-,44-,45-,49-,50-,61-/m0/s1. The molecule has 0 bridgehead atoms. The molecule has 0 saturated heterocycles. The number of Topliss-reactive ketones (excluding diaryl/α,β-unsaturated/α-hetero) is 1. The Bertz CT molecular complexity index is 2880. The molecule has 522 valence electrons. The van der Waals surface area contributed by atoms with Gasteiger partial charge in [-0.1, -0.05) is 90.1 Å². The normalized spacial score (nSPS) is 15.6. The summed E-state index contributed by atoms with van der Waals surface area (Å²) in [6.45, 7) is 7.41. The maximum absolute atomic E-state index is 15.7. The fourth-order valence-corrected chi connectivity index (χ4v) is 10.8. The molecule has 1 aromatic carbocycles. The molecule has 0 spiro atoms. The maximum Gasteiger partial charge on any atom is 0.246 e. The number of aromatic nitrogens is 2. The lowest BCUT2D eigenvalue weighted by Gasteiger charge is -2.46. The Hall–Kier alpha value is -8.88. The van der Waals surface area contributed by atoms with Crippen LogP contribution in [0.25, 0.3) is 0 Å². The lowest BCUT2D eigenvalue weighted by Crippen LogP contribution is -2.67. The summed E-state index contributed by atoms with van der Waals surface area (Å²) in [6, 6.07) is -0.993. The van der Waals surface area contributed by atoms with Gasteiger partial charge in [0.25, 0.3) is 0 Å². The van der Waals surface area contributed by atoms with Crippen molar-refractivity contribution in [2.24, 2.45) is 66.9 Å². The number of nitrogens with two attached hydrogens (primary N) is 7. The minimum Gasteiger partial charge on any atom is -0.370 e. The monoisotopic (exact) mass is 1340 g/mol. The number of ketones is 1. The highest BCUT2D eigenvalue weighted by atomic mass is 32.1. The predicted molar refractivity (Wildman–Crippen MR) is 358 cm³/mol. The van der Waals surface area contributed by atoms with Gasteiger partial charge in [-0.25, -0.2) is 4.98 Å². The van der Waals surface area contributed by atoms with Crippen LogP contribution in [-0.4, -0.2) is 190 Å². The molecule has 0 unspecified atom stereocenters. The summed E-state index contributed by atoms with van der Waals surface area (Å²) in [5, 5.41) is 21.2. The Morgan fingerprint density at radius 3 is 1.63 bits per heavy atom. The van der Waals surface area contributed by atoms with Crippen LogP contribution < -0.4 is 82.7 Å². The number of aliphatic imine (C=N–C) groups is 3. The van der Waals surface area contributed by atoms with E-state index in [9.17, 15) is 43.2 Å². The van der Waals surface area contributed by atoms with E-state index in [1.165, 1.54) is 24.3 Å². The summed E-state index contributed by atoms with van der Waals surface area (Å²) in [5.41, 5.74) is 38.1. The van der Waals surface area contributed by atoms with E-state index >= 15 is 9.59 Å². The van der Waals surface area contributed by atoms with E-state index in [1.807, 2.05) is 0 Å². The van der Waals surface area contributed by atoms with Gasteiger partial charge in [0.05, 0.1) is 25.5 Å². The largest absolute Gasteiger partial charge is 0.370 e. The van der Waals surface area contributed by atoms with E-state index in [0.29, 0.717) is 56.1 Å². The van der Waals surface area contributed by atoms with Crippen LogP contribution in [0, 0.1) is 11.8 Å². The van der Waals surface area contributed by atoms with Crippen LogP contribution in [0.4, 0.5) is 0 Å². The van der Waals surface area contributed by atoms with Crippen LogP contribution >= 0.6 is 12.6 Å². The number of rotatable bonds is 43. The van der Waals surface area contributed by atoms with Gasteiger partial charge in [-0.05, 0) is 81.4 Å². The van der Waals surface area contributed by atoms with Crippen molar-refractivity contribution < 1.29 is 52.7 Å². The zero-order valence-electron chi connectivity index (χ0n) is 54.7.